The topological polar surface area (TPSA) is 21.8 Å². The van der Waals surface area contributed by atoms with Crippen molar-refractivity contribution in [3.63, 3.8) is 0 Å². The Hall–Kier alpha value is -0.860. The molecule has 0 spiro atoms. The summed E-state index contributed by atoms with van der Waals surface area (Å²) in [4.78, 5) is 0. The van der Waals surface area contributed by atoms with Crippen LogP contribution in [0.4, 0.5) is 0 Å². The van der Waals surface area contributed by atoms with Crippen LogP contribution < -0.4 is 0 Å². The van der Waals surface area contributed by atoms with E-state index >= 15 is 0 Å². The van der Waals surface area contributed by atoms with E-state index in [9.17, 15) is 0 Å². The van der Waals surface area contributed by atoms with E-state index in [-0.39, 0.29) is 5.79 Å². The average molecular weight is 178 g/mol. The summed E-state index contributed by atoms with van der Waals surface area (Å²) in [5.41, 5.74) is 1.20. The molecule has 1 aliphatic rings. The van der Waals surface area contributed by atoms with Gasteiger partial charge < -0.3 is 9.47 Å². The van der Waals surface area contributed by atoms with Gasteiger partial charge in [0, 0.05) is 6.42 Å². The largest absolute Gasteiger partial charge is 0.343 e. The normalized spacial score (nSPS) is 25.9. The summed E-state index contributed by atoms with van der Waals surface area (Å²) in [5, 5.41) is 0. The molecule has 2 nitrogen and oxygen atoms in total. The van der Waals surface area contributed by atoms with Crippen molar-refractivity contribution in [3.8, 4) is 0 Å². The van der Waals surface area contributed by atoms with Gasteiger partial charge in [-0.3, -0.25) is 0 Å². The lowest BCUT2D eigenvalue weighted by Crippen LogP contribution is -2.14. The van der Waals surface area contributed by atoms with Crippen LogP contribution in [0, 0.1) is 0 Å². The van der Waals surface area contributed by atoms with E-state index < -0.39 is 0 Å². The summed E-state index contributed by atoms with van der Waals surface area (Å²) < 4.78 is 10.9. The highest BCUT2D eigenvalue weighted by atomic mass is 16.8. The van der Waals surface area contributed by atoms with Crippen molar-refractivity contribution in [3.05, 3.63) is 35.9 Å². The number of benzene rings is 1. The zero-order valence-corrected chi connectivity index (χ0v) is 7.82. The minimum absolute atomic E-state index is 0.254. The standard InChI is InChI=1S/C11H14O2/c1-2-11(9-13-11)12-8-10-6-4-3-5-7-10/h3-7H,2,8-9H2,1H3/t11-/m0/s1. The zero-order valence-electron chi connectivity index (χ0n) is 7.82. The Morgan fingerprint density at radius 2 is 2.08 bits per heavy atom. The number of ether oxygens (including phenoxy) is 2. The number of hydrogen-bond donors (Lipinski definition) is 0. The smallest absolute Gasteiger partial charge is 0.192 e. The Morgan fingerprint density at radius 3 is 2.62 bits per heavy atom. The van der Waals surface area contributed by atoms with Crippen molar-refractivity contribution < 1.29 is 9.47 Å². The number of rotatable bonds is 4. The third-order valence-corrected chi connectivity index (χ3v) is 2.35. The molecule has 1 atom stereocenters. The Kier molecular flexibility index (Phi) is 2.34. The van der Waals surface area contributed by atoms with E-state index in [0.717, 1.165) is 13.0 Å². The highest BCUT2D eigenvalue weighted by molar-refractivity contribution is 5.13. The average Bonchev–Trinajstić information content (AvgIpc) is 2.97. The molecule has 1 aliphatic heterocycles. The van der Waals surface area contributed by atoms with Crippen molar-refractivity contribution in [2.24, 2.45) is 0 Å². The second-order valence-electron chi connectivity index (χ2n) is 3.33. The maximum atomic E-state index is 5.65. The molecule has 1 aromatic carbocycles. The van der Waals surface area contributed by atoms with Crippen molar-refractivity contribution in [1.82, 2.24) is 0 Å². The fourth-order valence-corrected chi connectivity index (χ4v) is 1.26. The summed E-state index contributed by atoms with van der Waals surface area (Å²) in [5.74, 6) is -0.254. The van der Waals surface area contributed by atoms with Gasteiger partial charge in [-0.2, -0.15) is 0 Å². The van der Waals surface area contributed by atoms with Crippen LogP contribution in [0.1, 0.15) is 18.9 Å². The highest BCUT2D eigenvalue weighted by Crippen LogP contribution is 2.32. The Labute approximate surface area is 78.5 Å². The van der Waals surface area contributed by atoms with Crippen molar-refractivity contribution in [2.45, 2.75) is 25.7 Å². The van der Waals surface area contributed by atoms with Crippen molar-refractivity contribution >= 4 is 0 Å². The quantitative estimate of drug-likeness (QED) is 0.660. The molecule has 1 aromatic rings. The molecule has 0 aromatic heterocycles. The van der Waals surface area contributed by atoms with Gasteiger partial charge >= 0.3 is 0 Å². The SMILES string of the molecule is CC[C@@]1(OCc2ccccc2)CO1. The fourth-order valence-electron chi connectivity index (χ4n) is 1.26. The first-order valence-electron chi connectivity index (χ1n) is 4.66. The first-order chi connectivity index (χ1) is 6.35. The molecule has 0 amide bonds. The zero-order chi connectivity index (χ0) is 9.15. The van der Waals surface area contributed by atoms with Gasteiger partial charge in [-0.05, 0) is 5.56 Å². The Balaban J connectivity index is 1.86. The summed E-state index contributed by atoms with van der Waals surface area (Å²) in [6.45, 7) is 3.48. The minimum Gasteiger partial charge on any atom is -0.343 e. The van der Waals surface area contributed by atoms with Gasteiger partial charge in [-0.25, -0.2) is 0 Å². The lowest BCUT2D eigenvalue weighted by Gasteiger charge is -2.10. The van der Waals surface area contributed by atoms with Crippen molar-refractivity contribution in [2.75, 3.05) is 6.61 Å². The third kappa shape index (κ3) is 2.08. The minimum atomic E-state index is -0.254. The Bertz CT molecular complexity index is 265. The van der Waals surface area contributed by atoms with E-state index in [1.165, 1.54) is 5.56 Å². The first-order valence-corrected chi connectivity index (χ1v) is 4.66. The molecule has 0 unspecified atom stereocenters. The second kappa shape index (κ2) is 3.48. The van der Waals surface area contributed by atoms with Crippen LogP contribution >= 0.6 is 0 Å². The molecule has 0 bridgehead atoms. The predicted molar refractivity (Wildman–Crippen MR) is 50.2 cm³/mol. The van der Waals surface area contributed by atoms with Gasteiger partial charge in [-0.15, -0.1) is 0 Å². The van der Waals surface area contributed by atoms with Crippen LogP contribution in [0.5, 0.6) is 0 Å². The van der Waals surface area contributed by atoms with E-state index in [1.54, 1.807) is 0 Å². The maximum absolute atomic E-state index is 5.65. The maximum Gasteiger partial charge on any atom is 0.192 e. The van der Waals surface area contributed by atoms with E-state index in [4.69, 9.17) is 9.47 Å². The molecular formula is C11H14O2. The van der Waals surface area contributed by atoms with Gasteiger partial charge in [0.25, 0.3) is 0 Å². The monoisotopic (exact) mass is 178 g/mol. The van der Waals surface area contributed by atoms with Gasteiger partial charge in [0.05, 0.1) is 6.61 Å². The molecule has 13 heavy (non-hydrogen) atoms. The first kappa shape index (κ1) is 8.73. The van der Waals surface area contributed by atoms with E-state index in [2.05, 4.69) is 19.1 Å². The van der Waals surface area contributed by atoms with Gasteiger partial charge in [0.2, 0.25) is 0 Å². The highest BCUT2D eigenvalue weighted by Gasteiger charge is 2.44. The number of hydrogen-bond acceptors (Lipinski definition) is 2. The summed E-state index contributed by atoms with van der Waals surface area (Å²) in [6.07, 6.45) is 0.930. The fraction of sp³-hybridized carbons (Fsp3) is 0.455. The lowest BCUT2D eigenvalue weighted by atomic mass is 10.2. The van der Waals surface area contributed by atoms with Crippen LogP contribution in [0.15, 0.2) is 30.3 Å². The van der Waals surface area contributed by atoms with Gasteiger partial charge in [-0.1, -0.05) is 37.3 Å². The summed E-state index contributed by atoms with van der Waals surface area (Å²) >= 11 is 0. The Morgan fingerprint density at radius 1 is 1.38 bits per heavy atom. The summed E-state index contributed by atoms with van der Waals surface area (Å²) in [7, 11) is 0. The van der Waals surface area contributed by atoms with Crippen LogP contribution in [0.3, 0.4) is 0 Å². The summed E-state index contributed by atoms with van der Waals surface area (Å²) in [6, 6.07) is 10.2. The lowest BCUT2D eigenvalue weighted by molar-refractivity contribution is -0.0559. The molecule has 0 radical (unpaired) electrons. The van der Waals surface area contributed by atoms with Crippen LogP contribution in [0.2, 0.25) is 0 Å². The van der Waals surface area contributed by atoms with Gasteiger partial charge in [0.15, 0.2) is 5.79 Å². The van der Waals surface area contributed by atoms with Crippen LogP contribution in [-0.2, 0) is 16.1 Å². The molecule has 70 valence electrons. The molecule has 0 aliphatic carbocycles. The molecule has 2 heteroatoms. The molecular weight excluding hydrogens is 164 g/mol. The molecule has 1 fully saturated rings. The van der Waals surface area contributed by atoms with E-state index in [1.807, 2.05) is 18.2 Å². The molecule has 0 saturated carbocycles. The van der Waals surface area contributed by atoms with Crippen LogP contribution in [0.25, 0.3) is 0 Å². The van der Waals surface area contributed by atoms with Crippen molar-refractivity contribution in [1.29, 1.82) is 0 Å². The third-order valence-electron chi connectivity index (χ3n) is 2.35. The molecule has 1 saturated heterocycles. The second-order valence-corrected chi connectivity index (χ2v) is 3.33. The van der Waals surface area contributed by atoms with E-state index in [0.29, 0.717) is 6.61 Å². The molecule has 2 rings (SSSR count). The van der Waals surface area contributed by atoms with Crippen LogP contribution in [-0.4, -0.2) is 12.4 Å². The van der Waals surface area contributed by atoms with Gasteiger partial charge in [0.1, 0.15) is 6.61 Å². The number of epoxide rings is 1. The molecule has 0 N–H and O–H groups in total. The predicted octanol–water partition coefficient (Wildman–Crippen LogP) is 2.34. The molecule has 1 heterocycles.